The Kier molecular flexibility index (Phi) is 3.76. The highest BCUT2D eigenvalue weighted by molar-refractivity contribution is 6.06. The molecule has 1 heterocycles. The first-order valence-electron chi connectivity index (χ1n) is 7.33. The Bertz CT molecular complexity index is 679. The standard InChI is InChI=1S/C18H20N2O/c1-13-5-3-4-6-17(13)20(2)18(21)15-8-7-14-9-10-19-12-16(14)11-15/h3-8,11,19H,9-10,12H2,1-2H3. The number of anilines is 1. The third kappa shape index (κ3) is 2.69. The van der Waals surface area contributed by atoms with Crippen molar-refractivity contribution < 1.29 is 4.79 Å². The summed E-state index contributed by atoms with van der Waals surface area (Å²) in [4.78, 5) is 14.4. The van der Waals surface area contributed by atoms with Gasteiger partial charge in [-0.1, -0.05) is 24.3 Å². The summed E-state index contributed by atoms with van der Waals surface area (Å²) in [5, 5.41) is 3.35. The summed E-state index contributed by atoms with van der Waals surface area (Å²) in [6.07, 6.45) is 1.04. The molecule has 2 aromatic carbocycles. The van der Waals surface area contributed by atoms with Crippen molar-refractivity contribution in [3.05, 3.63) is 64.7 Å². The zero-order chi connectivity index (χ0) is 14.8. The van der Waals surface area contributed by atoms with E-state index in [1.807, 2.05) is 50.4 Å². The van der Waals surface area contributed by atoms with E-state index in [-0.39, 0.29) is 5.91 Å². The molecule has 0 saturated heterocycles. The molecule has 3 nitrogen and oxygen atoms in total. The van der Waals surface area contributed by atoms with E-state index in [1.54, 1.807) is 4.90 Å². The lowest BCUT2D eigenvalue weighted by molar-refractivity contribution is 0.0992. The van der Waals surface area contributed by atoms with Crippen LogP contribution in [0.3, 0.4) is 0 Å². The fourth-order valence-corrected chi connectivity index (χ4v) is 2.86. The minimum Gasteiger partial charge on any atom is -0.312 e. The smallest absolute Gasteiger partial charge is 0.258 e. The average molecular weight is 280 g/mol. The maximum atomic E-state index is 12.7. The van der Waals surface area contributed by atoms with Gasteiger partial charge in [-0.15, -0.1) is 0 Å². The normalized spacial score (nSPS) is 13.6. The Morgan fingerprint density at radius 2 is 1.95 bits per heavy atom. The number of nitrogens with one attached hydrogen (secondary N) is 1. The Balaban J connectivity index is 1.90. The summed E-state index contributed by atoms with van der Waals surface area (Å²) in [5.41, 5.74) is 5.41. The van der Waals surface area contributed by atoms with E-state index in [1.165, 1.54) is 11.1 Å². The minimum atomic E-state index is 0.0395. The van der Waals surface area contributed by atoms with E-state index < -0.39 is 0 Å². The lowest BCUT2D eigenvalue weighted by Crippen LogP contribution is -2.28. The van der Waals surface area contributed by atoms with E-state index in [4.69, 9.17) is 0 Å². The van der Waals surface area contributed by atoms with Gasteiger partial charge < -0.3 is 10.2 Å². The molecule has 0 unspecified atom stereocenters. The number of hydrogen-bond donors (Lipinski definition) is 1. The number of carbonyl (C=O) groups excluding carboxylic acids is 1. The van der Waals surface area contributed by atoms with Gasteiger partial charge in [0, 0.05) is 24.8 Å². The SMILES string of the molecule is Cc1ccccc1N(C)C(=O)c1ccc2c(c1)CNCC2. The number of amides is 1. The van der Waals surface area contributed by atoms with Gasteiger partial charge >= 0.3 is 0 Å². The van der Waals surface area contributed by atoms with Crippen molar-refractivity contribution in [1.82, 2.24) is 5.32 Å². The Hall–Kier alpha value is -2.13. The molecule has 1 aliphatic rings. The first-order chi connectivity index (χ1) is 10.2. The Labute approximate surface area is 125 Å². The predicted octanol–water partition coefficient (Wildman–Crippen LogP) is 2.92. The fraction of sp³-hybridized carbons (Fsp3) is 0.278. The second-order valence-electron chi connectivity index (χ2n) is 5.56. The number of nitrogens with zero attached hydrogens (tertiary/aromatic N) is 1. The molecule has 0 aromatic heterocycles. The molecule has 108 valence electrons. The van der Waals surface area contributed by atoms with Crippen LogP contribution in [0.4, 0.5) is 5.69 Å². The molecule has 0 spiro atoms. The largest absolute Gasteiger partial charge is 0.312 e. The quantitative estimate of drug-likeness (QED) is 0.917. The van der Waals surface area contributed by atoms with Crippen molar-refractivity contribution in [2.24, 2.45) is 0 Å². The maximum absolute atomic E-state index is 12.7. The van der Waals surface area contributed by atoms with Crippen LogP contribution >= 0.6 is 0 Å². The fourth-order valence-electron chi connectivity index (χ4n) is 2.86. The highest BCUT2D eigenvalue weighted by Gasteiger charge is 2.17. The van der Waals surface area contributed by atoms with Crippen LogP contribution in [0.15, 0.2) is 42.5 Å². The summed E-state index contributed by atoms with van der Waals surface area (Å²) >= 11 is 0. The van der Waals surface area contributed by atoms with Crippen LogP contribution < -0.4 is 10.2 Å². The van der Waals surface area contributed by atoms with Crippen molar-refractivity contribution in [2.75, 3.05) is 18.5 Å². The topological polar surface area (TPSA) is 32.3 Å². The second-order valence-corrected chi connectivity index (χ2v) is 5.56. The number of carbonyl (C=O) groups is 1. The van der Waals surface area contributed by atoms with Crippen molar-refractivity contribution in [2.45, 2.75) is 19.9 Å². The molecule has 0 bridgehead atoms. The zero-order valence-corrected chi connectivity index (χ0v) is 12.5. The van der Waals surface area contributed by atoms with E-state index >= 15 is 0 Å². The Morgan fingerprint density at radius 3 is 2.76 bits per heavy atom. The van der Waals surface area contributed by atoms with Crippen LogP contribution in [0.2, 0.25) is 0 Å². The summed E-state index contributed by atoms with van der Waals surface area (Å²) in [6.45, 7) is 3.89. The van der Waals surface area contributed by atoms with E-state index in [0.717, 1.165) is 36.3 Å². The predicted molar refractivity (Wildman–Crippen MR) is 85.8 cm³/mol. The third-order valence-corrected chi connectivity index (χ3v) is 4.12. The lowest BCUT2D eigenvalue weighted by atomic mass is 9.98. The van der Waals surface area contributed by atoms with Gasteiger partial charge in [-0.05, 0) is 54.8 Å². The molecule has 3 rings (SSSR count). The molecule has 1 aliphatic heterocycles. The van der Waals surface area contributed by atoms with Gasteiger partial charge in [0.05, 0.1) is 0 Å². The van der Waals surface area contributed by atoms with Crippen LogP contribution in [0, 0.1) is 6.92 Å². The first kappa shape index (κ1) is 13.8. The van der Waals surface area contributed by atoms with Crippen LogP contribution in [0.25, 0.3) is 0 Å². The highest BCUT2D eigenvalue weighted by Crippen LogP contribution is 2.22. The van der Waals surface area contributed by atoms with Gasteiger partial charge in [0.25, 0.3) is 5.91 Å². The van der Waals surface area contributed by atoms with Crippen LogP contribution in [0.5, 0.6) is 0 Å². The number of para-hydroxylation sites is 1. The molecule has 0 atom stereocenters. The van der Waals surface area contributed by atoms with E-state index in [0.29, 0.717) is 0 Å². The molecule has 1 amide bonds. The maximum Gasteiger partial charge on any atom is 0.258 e. The molecule has 2 aromatic rings. The molecular weight excluding hydrogens is 260 g/mol. The monoisotopic (exact) mass is 280 g/mol. The summed E-state index contributed by atoms with van der Waals surface area (Å²) in [5.74, 6) is 0.0395. The van der Waals surface area contributed by atoms with Gasteiger partial charge in [-0.3, -0.25) is 4.79 Å². The van der Waals surface area contributed by atoms with Crippen LogP contribution in [-0.2, 0) is 13.0 Å². The van der Waals surface area contributed by atoms with Crippen LogP contribution in [0.1, 0.15) is 27.0 Å². The molecule has 21 heavy (non-hydrogen) atoms. The summed E-state index contributed by atoms with van der Waals surface area (Å²) in [6, 6.07) is 14.0. The number of hydrogen-bond acceptors (Lipinski definition) is 2. The molecule has 3 heteroatoms. The lowest BCUT2D eigenvalue weighted by Gasteiger charge is -2.22. The van der Waals surface area contributed by atoms with Crippen molar-refractivity contribution in [3.8, 4) is 0 Å². The van der Waals surface area contributed by atoms with Crippen molar-refractivity contribution >= 4 is 11.6 Å². The minimum absolute atomic E-state index is 0.0395. The zero-order valence-electron chi connectivity index (χ0n) is 12.5. The number of aryl methyl sites for hydroxylation is 1. The molecule has 0 radical (unpaired) electrons. The number of rotatable bonds is 2. The Morgan fingerprint density at radius 1 is 1.14 bits per heavy atom. The van der Waals surface area contributed by atoms with Gasteiger partial charge in [0.2, 0.25) is 0 Å². The molecule has 0 aliphatic carbocycles. The molecular formula is C18H20N2O. The first-order valence-corrected chi connectivity index (χ1v) is 7.33. The third-order valence-electron chi connectivity index (χ3n) is 4.12. The summed E-state index contributed by atoms with van der Waals surface area (Å²) < 4.78 is 0. The molecule has 0 fully saturated rings. The van der Waals surface area contributed by atoms with Crippen LogP contribution in [-0.4, -0.2) is 19.5 Å². The van der Waals surface area contributed by atoms with Crippen molar-refractivity contribution in [3.63, 3.8) is 0 Å². The second kappa shape index (κ2) is 5.70. The number of benzene rings is 2. The number of fused-ring (bicyclic) bond motifs is 1. The highest BCUT2D eigenvalue weighted by atomic mass is 16.2. The van der Waals surface area contributed by atoms with Gasteiger partial charge in [-0.2, -0.15) is 0 Å². The average Bonchev–Trinajstić information content (AvgIpc) is 2.53. The van der Waals surface area contributed by atoms with Gasteiger partial charge in [-0.25, -0.2) is 0 Å². The van der Waals surface area contributed by atoms with E-state index in [9.17, 15) is 4.79 Å². The van der Waals surface area contributed by atoms with Gasteiger partial charge in [0.1, 0.15) is 0 Å². The van der Waals surface area contributed by atoms with Crippen molar-refractivity contribution in [1.29, 1.82) is 0 Å². The van der Waals surface area contributed by atoms with E-state index in [2.05, 4.69) is 11.4 Å². The van der Waals surface area contributed by atoms with Gasteiger partial charge in [0.15, 0.2) is 0 Å². The molecule has 1 N–H and O–H groups in total. The molecule has 0 saturated carbocycles. The summed E-state index contributed by atoms with van der Waals surface area (Å²) in [7, 11) is 1.84.